The molecule has 110 valence electrons. The Morgan fingerprint density at radius 1 is 1.29 bits per heavy atom. The van der Waals surface area contributed by atoms with E-state index >= 15 is 0 Å². The van der Waals surface area contributed by atoms with Crippen LogP contribution in [0.15, 0.2) is 42.7 Å². The van der Waals surface area contributed by atoms with Gasteiger partial charge in [0.2, 0.25) is 5.91 Å². The number of rotatable bonds is 5. The molecular weight excluding hydrogens is 269 g/mol. The number of carbonyl (C=O) groups excluding carboxylic acids is 1. The fraction of sp³-hybridized carbons (Fsp3) is 0.250. The van der Waals surface area contributed by atoms with Crippen molar-refractivity contribution in [3.05, 3.63) is 54.1 Å². The van der Waals surface area contributed by atoms with E-state index in [1.54, 1.807) is 13.1 Å². The number of nitrogens with zero attached hydrogens (tertiary/aromatic N) is 1. The van der Waals surface area contributed by atoms with E-state index in [0.717, 1.165) is 16.9 Å². The van der Waals surface area contributed by atoms with Crippen molar-refractivity contribution in [1.29, 1.82) is 0 Å². The topological polar surface area (TPSA) is 54.0 Å². The Labute approximate surface area is 123 Å². The summed E-state index contributed by atoms with van der Waals surface area (Å²) in [5, 5.41) is 6.06. The van der Waals surface area contributed by atoms with E-state index < -0.39 is 0 Å². The van der Waals surface area contributed by atoms with Crippen molar-refractivity contribution in [3.63, 3.8) is 0 Å². The smallest absolute Gasteiger partial charge is 0.224 e. The van der Waals surface area contributed by atoms with Crippen LogP contribution in [0.25, 0.3) is 0 Å². The second-order valence-corrected chi connectivity index (χ2v) is 4.79. The van der Waals surface area contributed by atoms with Crippen molar-refractivity contribution in [2.75, 3.05) is 10.6 Å². The molecule has 2 aromatic rings. The summed E-state index contributed by atoms with van der Waals surface area (Å²) in [6.07, 6.45) is 3.24. The molecule has 0 fully saturated rings. The molecule has 2 N–H and O–H groups in total. The molecule has 0 spiro atoms. The first kappa shape index (κ1) is 15.0. The average Bonchev–Trinajstić information content (AvgIpc) is 2.47. The van der Waals surface area contributed by atoms with Crippen molar-refractivity contribution < 1.29 is 9.18 Å². The standard InChI is InChI=1S/C16H18FN3O/c1-3-16(21)20-15-6-4-5-14(8-15)19-11(2)12-7-13(17)10-18-9-12/h4-11,19H,3H2,1-2H3,(H,20,21). The summed E-state index contributed by atoms with van der Waals surface area (Å²) in [6.45, 7) is 3.73. The van der Waals surface area contributed by atoms with Gasteiger partial charge in [0.15, 0.2) is 0 Å². The van der Waals surface area contributed by atoms with Crippen LogP contribution in [-0.4, -0.2) is 10.9 Å². The monoisotopic (exact) mass is 287 g/mol. The van der Waals surface area contributed by atoms with Gasteiger partial charge in [0, 0.05) is 24.0 Å². The lowest BCUT2D eigenvalue weighted by atomic mass is 10.1. The molecule has 0 aliphatic carbocycles. The Bertz CT molecular complexity index is 630. The SMILES string of the molecule is CCC(=O)Nc1cccc(NC(C)c2cncc(F)c2)c1. The maximum absolute atomic E-state index is 13.2. The molecule has 1 aromatic carbocycles. The Kier molecular flexibility index (Phi) is 4.87. The molecule has 4 nitrogen and oxygen atoms in total. The van der Waals surface area contributed by atoms with Crippen LogP contribution < -0.4 is 10.6 Å². The lowest BCUT2D eigenvalue weighted by Crippen LogP contribution is -2.10. The summed E-state index contributed by atoms with van der Waals surface area (Å²) < 4.78 is 13.2. The summed E-state index contributed by atoms with van der Waals surface area (Å²) in [4.78, 5) is 15.2. The van der Waals surface area contributed by atoms with Crippen LogP contribution in [0.5, 0.6) is 0 Å². The van der Waals surface area contributed by atoms with E-state index in [9.17, 15) is 9.18 Å². The molecular formula is C16H18FN3O. The van der Waals surface area contributed by atoms with Gasteiger partial charge in [-0.25, -0.2) is 4.39 Å². The van der Waals surface area contributed by atoms with E-state index in [0.29, 0.717) is 6.42 Å². The van der Waals surface area contributed by atoms with Crippen LogP contribution in [0.1, 0.15) is 31.9 Å². The number of benzene rings is 1. The van der Waals surface area contributed by atoms with E-state index in [4.69, 9.17) is 0 Å². The third-order valence-electron chi connectivity index (χ3n) is 3.08. The Balaban J connectivity index is 2.08. The normalized spacial score (nSPS) is 11.8. The number of amides is 1. The average molecular weight is 287 g/mol. The van der Waals surface area contributed by atoms with E-state index in [1.165, 1.54) is 12.3 Å². The summed E-state index contributed by atoms with van der Waals surface area (Å²) in [7, 11) is 0. The van der Waals surface area contributed by atoms with Gasteiger partial charge in [-0.3, -0.25) is 9.78 Å². The highest BCUT2D eigenvalue weighted by molar-refractivity contribution is 5.90. The zero-order chi connectivity index (χ0) is 15.2. The molecule has 2 rings (SSSR count). The van der Waals surface area contributed by atoms with Crippen molar-refractivity contribution in [2.24, 2.45) is 0 Å². The molecule has 0 saturated carbocycles. The quantitative estimate of drug-likeness (QED) is 0.880. The van der Waals surface area contributed by atoms with E-state index in [2.05, 4.69) is 15.6 Å². The molecule has 0 bridgehead atoms. The van der Waals surface area contributed by atoms with Crippen molar-refractivity contribution in [2.45, 2.75) is 26.3 Å². The molecule has 1 amide bonds. The number of hydrogen-bond acceptors (Lipinski definition) is 3. The molecule has 0 saturated heterocycles. The fourth-order valence-electron chi connectivity index (χ4n) is 1.93. The predicted molar refractivity (Wildman–Crippen MR) is 81.6 cm³/mol. The van der Waals surface area contributed by atoms with Crippen LogP contribution in [0.4, 0.5) is 15.8 Å². The molecule has 0 aliphatic heterocycles. The van der Waals surface area contributed by atoms with Crippen molar-refractivity contribution in [1.82, 2.24) is 4.98 Å². The van der Waals surface area contributed by atoms with Gasteiger partial charge >= 0.3 is 0 Å². The van der Waals surface area contributed by atoms with Gasteiger partial charge in [-0.15, -0.1) is 0 Å². The first-order valence-electron chi connectivity index (χ1n) is 6.85. The third kappa shape index (κ3) is 4.27. The Hall–Kier alpha value is -2.43. The third-order valence-corrected chi connectivity index (χ3v) is 3.08. The van der Waals surface area contributed by atoms with Gasteiger partial charge in [-0.1, -0.05) is 13.0 Å². The number of aromatic nitrogens is 1. The van der Waals surface area contributed by atoms with E-state index in [1.807, 2.05) is 31.2 Å². The first-order valence-corrected chi connectivity index (χ1v) is 6.85. The maximum Gasteiger partial charge on any atom is 0.224 e. The van der Waals surface area contributed by atoms with Gasteiger partial charge in [-0.2, -0.15) is 0 Å². The van der Waals surface area contributed by atoms with Crippen LogP contribution in [0.3, 0.4) is 0 Å². The fourth-order valence-corrected chi connectivity index (χ4v) is 1.93. The zero-order valence-corrected chi connectivity index (χ0v) is 12.1. The van der Waals surface area contributed by atoms with Gasteiger partial charge < -0.3 is 10.6 Å². The van der Waals surface area contributed by atoms with Crippen LogP contribution in [0, 0.1) is 5.82 Å². The van der Waals surface area contributed by atoms with Gasteiger partial charge in [0.05, 0.1) is 12.2 Å². The largest absolute Gasteiger partial charge is 0.378 e. The zero-order valence-electron chi connectivity index (χ0n) is 12.1. The van der Waals surface area contributed by atoms with Crippen LogP contribution in [-0.2, 0) is 4.79 Å². The molecule has 1 heterocycles. The molecule has 0 radical (unpaired) electrons. The minimum Gasteiger partial charge on any atom is -0.378 e. The number of pyridine rings is 1. The summed E-state index contributed by atoms with van der Waals surface area (Å²) in [5.41, 5.74) is 2.34. The maximum atomic E-state index is 13.2. The van der Waals surface area contributed by atoms with Crippen LogP contribution in [0.2, 0.25) is 0 Å². The predicted octanol–water partition coefficient (Wildman–Crippen LogP) is 3.74. The lowest BCUT2D eigenvalue weighted by molar-refractivity contribution is -0.115. The minimum absolute atomic E-state index is 0.0328. The van der Waals surface area contributed by atoms with Gasteiger partial charge in [-0.05, 0) is 36.8 Å². The highest BCUT2D eigenvalue weighted by atomic mass is 19.1. The number of hydrogen-bond donors (Lipinski definition) is 2. The number of halogens is 1. The van der Waals surface area contributed by atoms with Gasteiger partial charge in [0.1, 0.15) is 5.82 Å². The van der Waals surface area contributed by atoms with Crippen molar-refractivity contribution in [3.8, 4) is 0 Å². The van der Waals surface area contributed by atoms with E-state index in [-0.39, 0.29) is 17.8 Å². The summed E-state index contributed by atoms with van der Waals surface area (Å²) >= 11 is 0. The van der Waals surface area contributed by atoms with Crippen LogP contribution >= 0.6 is 0 Å². The molecule has 0 aliphatic rings. The van der Waals surface area contributed by atoms with Gasteiger partial charge in [0.25, 0.3) is 0 Å². The summed E-state index contributed by atoms with van der Waals surface area (Å²) in [5.74, 6) is -0.389. The Morgan fingerprint density at radius 3 is 2.76 bits per heavy atom. The second-order valence-electron chi connectivity index (χ2n) is 4.79. The Morgan fingerprint density at radius 2 is 2.05 bits per heavy atom. The molecule has 1 atom stereocenters. The molecule has 1 unspecified atom stereocenters. The highest BCUT2D eigenvalue weighted by Crippen LogP contribution is 2.21. The minimum atomic E-state index is -0.356. The number of nitrogens with one attached hydrogen (secondary N) is 2. The molecule has 1 aromatic heterocycles. The second kappa shape index (κ2) is 6.83. The number of carbonyl (C=O) groups is 1. The summed E-state index contributed by atoms with van der Waals surface area (Å²) in [6, 6.07) is 8.78. The number of anilines is 2. The molecule has 5 heteroatoms. The highest BCUT2D eigenvalue weighted by Gasteiger charge is 2.07. The lowest BCUT2D eigenvalue weighted by Gasteiger charge is -2.16. The first-order chi connectivity index (χ1) is 10.1. The molecule has 21 heavy (non-hydrogen) atoms. The van der Waals surface area contributed by atoms with Crippen molar-refractivity contribution >= 4 is 17.3 Å².